The monoisotopic (exact) mass is 405 g/mol. The number of anilines is 1. The van der Waals surface area contributed by atoms with Gasteiger partial charge in [-0.25, -0.2) is 0 Å². The molecule has 0 spiro atoms. The highest BCUT2D eigenvalue weighted by molar-refractivity contribution is 7.10. The third-order valence-corrected chi connectivity index (χ3v) is 6.64. The maximum atomic E-state index is 13.3. The van der Waals surface area contributed by atoms with Crippen molar-refractivity contribution in [3.05, 3.63) is 63.6 Å². The molecular weight excluding hydrogens is 382 g/mol. The standard InChI is InChI=1S/C23H23N3O2S/c1-13(2)10-25-11-15-20-16(6-4-7-18(20)25)24-17-12-26(14(3)27)23(28)22(17)21(15)19-8-5-9-29-19/h4-9,11,13,21,24H,10,12H2,1-3H3/t21-/m0/s1. The number of imide groups is 1. The third kappa shape index (κ3) is 2.74. The second-order valence-electron chi connectivity index (χ2n) is 8.21. The summed E-state index contributed by atoms with van der Waals surface area (Å²) in [6.07, 6.45) is 2.21. The molecule has 2 amide bonds. The van der Waals surface area contributed by atoms with E-state index in [0.717, 1.165) is 28.4 Å². The molecule has 2 aromatic heterocycles. The fourth-order valence-corrected chi connectivity index (χ4v) is 5.42. The van der Waals surface area contributed by atoms with Gasteiger partial charge >= 0.3 is 0 Å². The van der Waals surface area contributed by atoms with Gasteiger partial charge in [0, 0.05) is 41.3 Å². The van der Waals surface area contributed by atoms with Gasteiger partial charge < -0.3 is 9.88 Å². The first kappa shape index (κ1) is 18.2. The van der Waals surface area contributed by atoms with E-state index in [-0.39, 0.29) is 17.7 Å². The lowest BCUT2D eigenvalue weighted by atomic mass is 9.89. The summed E-state index contributed by atoms with van der Waals surface area (Å²) in [5.74, 6) is -0.0650. The van der Waals surface area contributed by atoms with Gasteiger partial charge in [0.1, 0.15) is 0 Å². The predicted molar refractivity (Wildman–Crippen MR) is 116 cm³/mol. The minimum atomic E-state index is -0.217. The molecular formula is C23H23N3O2S. The first-order valence-corrected chi connectivity index (χ1v) is 10.8. The molecule has 0 saturated carbocycles. The predicted octanol–water partition coefficient (Wildman–Crippen LogP) is 4.56. The Morgan fingerprint density at radius 2 is 2.10 bits per heavy atom. The molecule has 5 rings (SSSR count). The Morgan fingerprint density at radius 3 is 2.79 bits per heavy atom. The molecule has 1 atom stereocenters. The topological polar surface area (TPSA) is 54.3 Å². The van der Waals surface area contributed by atoms with Crippen LogP contribution in [0.15, 0.2) is 53.2 Å². The average Bonchev–Trinajstić information content (AvgIpc) is 3.36. The molecule has 2 aliphatic heterocycles. The molecule has 6 heteroatoms. The Balaban J connectivity index is 1.78. The van der Waals surface area contributed by atoms with Gasteiger partial charge in [-0.15, -0.1) is 11.3 Å². The van der Waals surface area contributed by atoms with Crippen LogP contribution in [0.4, 0.5) is 5.69 Å². The molecule has 5 nitrogen and oxygen atoms in total. The van der Waals surface area contributed by atoms with E-state index in [9.17, 15) is 9.59 Å². The Bertz CT molecular complexity index is 1170. The molecule has 3 aromatic rings. The summed E-state index contributed by atoms with van der Waals surface area (Å²) in [6, 6.07) is 10.4. The van der Waals surface area contributed by atoms with Gasteiger partial charge in [-0.05, 0) is 35.1 Å². The molecule has 0 radical (unpaired) electrons. The molecule has 4 heterocycles. The maximum absolute atomic E-state index is 13.3. The van der Waals surface area contributed by atoms with Crippen molar-refractivity contribution in [2.45, 2.75) is 33.2 Å². The number of nitrogens with zero attached hydrogens (tertiary/aromatic N) is 2. The lowest BCUT2D eigenvalue weighted by Gasteiger charge is -2.18. The summed E-state index contributed by atoms with van der Waals surface area (Å²) >= 11 is 1.65. The van der Waals surface area contributed by atoms with Gasteiger partial charge in [0.25, 0.3) is 5.91 Å². The molecule has 0 bridgehead atoms. The molecule has 0 saturated heterocycles. The molecule has 148 valence electrons. The van der Waals surface area contributed by atoms with Gasteiger partial charge in [0.05, 0.1) is 23.6 Å². The quantitative estimate of drug-likeness (QED) is 0.695. The van der Waals surface area contributed by atoms with Gasteiger partial charge in [-0.1, -0.05) is 26.0 Å². The van der Waals surface area contributed by atoms with E-state index < -0.39 is 0 Å². The zero-order valence-corrected chi connectivity index (χ0v) is 17.5. The van der Waals surface area contributed by atoms with Gasteiger partial charge in [-0.2, -0.15) is 0 Å². The van der Waals surface area contributed by atoms with Crippen LogP contribution in [-0.4, -0.2) is 27.8 Å². The SMILES string of the molecule is CC(=O)N1CC2=C(C1=O)[C@H](c1cccs1)c1cn(CC(C)C)c3cccc(c13)N2. The van der Waals surface area contributed by atoms with Crippen molar-refractivity contribution in [2.75, 3.05) is 11.9 Å². The fraction of sp³-hybridized carbons (Fsp3) is 0.304. The zero-order chi connectivity index (χ0) is 20.3. The van der Waals surface area contributed by atoms with E-state index in [0.29, 0.717) is 18.0 Å². The van der Waals surface area contributed by atoms with Crippen molar-refractivity contribution >= 4 is 39.7 Å². The first-order chi connectivity index (χ1) is 14.0. The van der Waals surface area contributed by atoms with Crippen LogP contribution < -0.4 is 5.32 Å². The minimum Gasteiger partial charge on any atom is -0.356 e. The van der Waals surface area contributed by atoms with Crippen LogP contribution in [0.25, 0.3) is 10.9 Å². The van der Waals surface area contributed by atoms with Crippen molar-refractivity contribution in [3.63, 3.8) is 0 Å². The molecule has 0 unspecified atom stereocenters. The summed E-state index contributed by atoms with van der Waals surface area (Å²) in [4.78, 5) is 27.9. The number of hydrogen-bond donors (Lipinski definition) is 1. The van der Waals surface area contributed by atoms with E-state index in [4.69, 9.17) is 0 Å². The third-order valence-electron chi connectivity index (χ3n) is 5.71. The number of benzene rings is 1. The molecule has 0 fully saturated rings. The van der Waals surface area contributed by atoms with Crippen LogP contribution in [0.5, 0.6) is 0 Å². The first-order valence-electron chi connectivity index (χ1n) is 9.93. The highest BCUT2D eigenvalue weighted by atomic mass is 32.1. The molecule has 1 N–H and O–H groups in total. The van der Waals surface area contributed by atoms with Crippen LogP contribution >= 0.6 is 11.3 Å². The van der Waals surface area contributed by atoms with E-state index in [1.165, 1.54) is 22.7 Å². The zero-order valence-electron chi connectivity index (χ0n) is 16.7. The molecule has 0 aliphatic carbocycles. The van der Waals surface area contributed by atoms with Crippen LogP contribution in [0.2, 0.25) is 0 Å². The number of thiophene rings is 1. The van der Waals surface area contributed by atoms with E-state index in [1.54, 1.807) is 11.3 Å². The van der Waals surface area contributed by atoms with E-state index >= 15 is 0 Å². The van der Waals surface area contributed by atoms with Crippen molar-refractivity contribution < 1.29 is 9.59 Å². The summed E-state index contributed by atoms with van der Waals surface area (Å²) in [7, 11) is 0. The Labute approximate surface area is 173 Å². The van der Waals surface area contributed by atoms with Crippen LogP contribution in [-0.2, 0) is 16.1 Å². The highest BCUT2D eigenvalue weighted by Gasteiger charge is 2.41. The summed E-state index contributed by atoms with van der Waals surface area (Å²) < 4.78 is 2.30. The Morgan fingerprint density at radius 1 is 1.28 bits per heavy atom. The Kier molecular flexibility index (Phi) is 4.13. The smallest absolute Gasteiger partial charge is 0.259 e. The average molecular weight is 406 g/mol. The lowest BCUT2D eigenvalue weighted by molar-refractivity contribution is -0.139. The normalized spacial score (nSPS) is 18.4. The Hall–Kier alpha value is -2.86. The van der Waals surface area contributed by atoms with Gasteiger partial charge in [0.15, 0.2) is 0 Å². The van der Waals surface area contributed by atoms with Crippen LogP contribution in [0.1, 0.15) is 37.1 Å². The number of carbonyl (C=O) groups excluding carboxylic acids is 2. The largest absolute Gasteiger partial charge is 0.356 e. The number of amides is 2. The van der Waals surface area contributed by atoms with Gasteiger partial charge in [0.2, 0.25) is 5.91 Å². The van der Waals surface area contributed by atoms with E-state index in [1.807, 2.05) is 11.4 Å². The highest BCUT2D eigenvalue weighted by Crippen LogP contribution is 2.47. The molecule has 29 heavy (non-hydrogen) atoms. The summed E-state index contributed by atoms with van der Waals surface area (Å²) in [6.45, 7) is 7.09. The van der Waals surface area contributed by atoms with Crippen LogP contribution in [0, 0.1) is 5.92 Å². The van der Waals surface area contributed by atoms with Crippen molar-refractivity contribution in [2.24, 2.45) is 5.92 Å². The van der Waals surface area contributed by atoms with E-state index in [2.05, 4.69) is 54.2 Å². The number of aromatic nitrogens is 1. The lowest BCUT2D eigenvalue weighted by Crippen LogP contribution is -2.33. The summed E-state index contributed by atoms with van der Waals surface area (Å²) in [5, 5.41) is 6.73. The second kappa shape index (κ2) is 6.59. The molecule has 1 aromatic carbocycles. The number of nitrogens with one attached hydrogen (secondary N) is 1. The number of carbonyl (C=O) groups is 2. The maximum Gasteiger partial charge on any atom is 0.259 e. The number of hydrogen-bond acceptors (Lipinski definition) is 4. The molecule has 2 aliphatic rings. The second-order valence-corrected chi connectivity index (χ2v) is 9.19. The minimum absolute atomic E-state index is 0.172. The van der Waals surface area contributed by atoms with Crippen molar-refractivity contribution in [3.8, 4) is 0 Å². The van der Waals surface area contributed by atoms with Gasteiger partial charge in [-0.3, -0.25) is 14.5 Å². The van der Waals surface area contributed by atoms with Crippen molar-refractivity contribution in [1.82, 2.24) is 9.47 Å². The van der Waals surface area contributed by atoms with Crippen LogP contribution in [0.3, 0.4) is 0 Å². The summed E-state index contributed by atoms with van der Waals surface area (Å²) in [5.41, 5.74) is 4.85. The number of rotatable bonds is 3. The fourth-order valence-electron chi connectivity index (χ4n) is 4.57. The van der Waals surface area contributed by atoms with Crippen molar-refractivity contribution in [1.29, 1.82) is 0 Å².